The van der Waals surface area contributed by atoms with Gasteiger partial charge in [0.05, 0.1) is 0 Å². The van der Waals surface area contributed by atoms with E-state index in [1.165, 1.54) is 71.8 Å². The number of hydrogen-bond donors (Lipinski definition) is 0. The molecule has 0 atom stereocenters. The number of furan rings is 1. The van der Waals surface area contributed by atoms with Gasteiger partial charge in [0.2, 0.25) is 0 Å². The Labute approximate surface area is 332 Å². The molecule has 10 aromatic rings. The minimum Gasteiger partial charge on any atom is -0.456 e. The van der Waals surface area contributed by atoms with Crippen LogP contribution in [0.15, 0.2) is 205 Å². The molecule has 1 aliphatic carbocycles. The van der Waals surface area contributed by atoms with Crippen molar-refractivity contribution in [3.05, 3.63) is 211 Å². The molecule has 0 aliphatic heterocycles. The lowest BCUT2D eigenvalue weighted by Gasteiger charge is -2.27. The van der Waals surface area contributed by atoms with Crippen LogP contribution in [0.3, 0.4) is 0 Å². The van der Waals surface area contributed by atoms with E-state index >= 15 is 0 Å². The van der Waals surface area contributed by atoms with Crippen molar-refractivity contribution < 1.29 is 4.42 Å². The minimum absolute atomic E-state index is 0.129. The highest BCUT2D eigenvalue weighted by molar-refractivity contribution is 6.08. The summed E-state index contributed by atoms with van der Waals surface area (Å²) in [6.07, 6.45) is 0. The lowest BCUT2D eigenvalue weighted by molar-refractivity contribution is 0.647. The zero-order chi connectivity index (χ0) is 38.1. The monoisotopic (exact) mass is 729 g/mol. The first kappa shape index (κ1) is 33.2. The van der Waals surface area contributed by atoms with Crippen molar-refractivity contribution >= 4 is 49.8 Å². The molecule has 0 bridgehead atoms. The van der Waals surface area contributed by atoms with Gasteiger partial charge in [-0.25, -0.2) is 0 Å². The predicted octanol–water partition coefficient (Wildman–Crippen LogP) is 15.5. The molecule has 0 saturated carbocycles. The molecule has 0 amide bonds. The van der Waals surface area contributed by atoms with Crippen LogP contribution in [-0.4, -0.2) is 0 Å². The molecule has 0 N–H and O–H groups in total. The van der Waals surface area contributed by atoms with Crippen molar-refractivity contribution in [2.45, 2.75) is 19.3 Å². The average molecular weight is 730 g/mol. The zero-order valence-electron chi connectivity index (χ0n) is 31.9. The predicted molar refractivity (Wildman–Crippen MR) is 240 cm³/mol. The fraction of sp³-hybridized carbons (Fsp3) is 0.0545. The summed E-state index contributed by atoms with van der Waals surface area (Å²) in [7, 11) is 0. The van der Waals surface area contributed by atoms with Gasteiger partial charge in [0.15, 0.2) is 0 Å². The third-order valence-electron chi connectivity index (χ3n) is 12.0. The minimum atomic E-state index is -0.129. The molecule has 0 spiro atoms. The SMILES string of the molecule is CC1(C)c2ccc(-c3ccc(N(c4cccc(-c5ccccc5)c4)c4cccc(-c5cccc6ccccc56)c4)cc3)cc2-c2cc3c(cc21)oc1ccccc13. The molecule has 0 unspecified atom stereocenters. The largest absolute Gasteiger partial charge is 0.456 e. The second-order valence-electron chi connectivity index (χ2n) is 15.8. The third-order valence-corrected chi connectivity index (χ3v) is 12.0. The highest BCUT2D eigenvalue weighted by Gasteiger charge is 2.36. The molecule has 2 heteroatoms. The Hall–Kier alpha value is -7.16. The summed E-state index contributed by atoms with van der Waals surface area (Å²) in [5.41, 5.74) is 17.5. The van der Waals surface area contributed by atoms with E-state index in [1.54, 1.807) is 0 Å². The second kappa shape index (κ2) is 13.0. The van der Waals surface area contributed by atoms with Gasteiger partial charge in [-0.3, -0.25) is 0 Å². The number of nitrogens with zero attached hydrogens (tertiary/aromatic N) is 1. The Morgan fingerprint density at radius 1 is 0.351 bits per heavy atom. The molecule has 1 aliphatic rings. The zero-order valence-corrected chi connectivity index (χ0v) is 31.9. The first-order valence-corrected chi connectivity index (χ1v) is 19.7. The van der Waals surface area contributed by atoms with Crippen LogP contribution in [0, 0.1) is 0 Å². The molecule has 1 aromatic heterocycles. The van der Waals surface area contributed by atoms with E-state index in [0.29, 0.717) is 0 Å². The van der Waals surface area contributed by atoms with Gasteiger partial charge < -0.3 is 9.32 Å². The maximum Gasteiger partial charge on any atom is 0.135 e. The van der Waals surface area contributed by atoms with E-state index < -0.39 is 0 Å². The number of rotatable bonds is 6. The summed E-state index contributed by atoms with van der Waals surface area (Å²) >= 11 is 0. The summed E-state index contributed by atoms with van der Waals surface area (Å²) < 4.78 is 6.33. The molecule has 9 aromatic carbocycles. The molecule has 0 radical (unpaired) electrons. The van der Waals surface area contributed by atoms with Gasteiger partial charge in [-0.1, -0.05) is 153 Å². The van der Waals surface area contributed by atoms with Crippen LogP contribution in [-0.2, 0) is 5.41 Å². The van der Waals surface area contributed by atoms with E-state index in [2.05, 4.69) is 213 Å². The first-order chi connectivity index (χ1) is 28.0. The quantitative estimate of drug-likeness (QED) is 0.169. The van der Waals surface area contributed by atoms with E-state index in [9.17, 15) is 0 Å². The fourth-order valence-electron chi connectivity index (χ4n) is 9.14. The van der Waals surface area contributed by atoms with Crippen LogP contribution < -0.4 is 4.90 Å². The highest BCUT2D eigenvalue weighted by Crippen LogP contribution is 2.52. The summed E-state index contributed by atoms with van der Waals surface area (Å²) in [4.78, 5) is 2.38. The van der Waals surface area contributed by atoms with Gasteiger partial charge in [-0.05, 0) is 127 Å². The lowest BCUT2D eigenvalue weighted by atomic mass is 9.82. The van der Waals surface area contributed by atoms with Crippen molar-refractivity contribution in [1.82, 2.24) is 0 Å². The fourth-order valence-corrected chi connectivity index (χ4v) is 9.14. The van der Waals surface area contributed by atoms with Crippen molar-refractivity contribution in [1.29, 1.82) is 0 Å². The normalized spacial score (nSPS) is 12.9. The van der Waals surface area contributed by atoms with Gasteiger partial charge in [0.25, 0.3) is 0 Å². The summed E-state index contributed by atoms with van der Waals surface area (Å²) in [6, 6.07) is 72.7. The maximum absolute atomic E-state index is 6.33. The number of anilines is 3. The van der Waals surface area contributed by atoms with Crippen LogP contribution in [0.1, 0.15) is 25.0 Å². The maximum atomic E-state index is 6.33. The average Bonchev–Trinajstić information content (AvgIpc) is 3.74. The van der Waals surface area contributed by atoms with Crippen LogP contribution in [0.4, 0.5) is 17.1 Å². The number of benzene rings is 9. The Balaban J connectivity index is 1.01. The van der Waals surface area contributed by atoms with Gasteiger partial charge in [-0.2, -0.15) is 0 Å². The molecule has 0 saturated heterocycles. The van der Waals surface area contributed by atoms with Gasteiger partial charge in [0, 0.05) is 33.2 Å². The van der Waals surface area contributed by atoms with E-state index in [-0.39, 0.29) is 5.41 Å². The van der Waals surface area contributed by atoms with Crippen LogP contribution in [0.2, 0.25) is 0 Å². The molecule has 2 nitrogen and oxygen atoms in total. The van der Waals surface area contributed by atoms with Crippen molar-refractivity contribution in [2.75, 3.05) is 4.90 Å². The summed E-state index contributed by atoms with van der Waals surface area (Å²) in [6.45, 7) is 4.66. The van der Waals surface area contributed by atoms with Crippen molar-refractivity contribution in [3.63, 3.8) is 0 Å². The van der Waals surface area contributed by atoms with Crippen molar-refractivity contribution in [3.8, 4) is 44.5 Å². The van der Waals surface area contributed by atoms with Gasteiger partial charge in [-0.15, -0.1) is 0 Å². The van der Waals surface area contributed by atoms with Crippen molar-refractivity contribution in [2.24, 2.45) is 0 Å². The Kier molecular flexibility index (Phi) is 7.55. The molecule has 0 fully saturated rings. The Morgan fingerprint density at radius 2 is 0.947 bits per heavy atom. The molecular weight excluding hydrogens is 691 g/mol. The molecular formula is C55H39NO. The van der Waals surface area contributed by atoms with Crippen LogP contribution in [0.25, 0.3) is 77.2 Å². The second-order valence-corrected chi connectivity index (χ2v) is 15.8. The standard InChI is InChI=1S/C55H39NO/c1-55(2)51-30-27-40(33-48(51)49-34-50-47-22-8-9-24-53(47)57-54(50)35-52(49)55)37-25-28-42(29-26-37)56(43-19-10-17-39(31-43)36-13-4-3-5-14-36)44-20-11-18-41(32-44)46-23-12-16-38-15-6-7-21-45(38)46/h3-35H,1-2H3. The Morgan fingerprint density at radius 3 is 1.77 bits per heavy atom. The van der Waals surface area contributed by atoms with Gasteiger partial charge in [0.1, 0.15) is 11.2 Å². The van der Waals surface area contributed by atoms with Gasteiger partial charge >= 0.3 is 0 Å². The summed E-state index contributed by atoms with van der Waals surface area (Å²) in [5.74, 6) is 0. The first-order valence-electron chi connectivity index (χ1n) is 19.7. The lowest BCUT2D eigenvalue weighted by Crippen LogP contribution is -2.14. The molecule has 270 valence electrons. The Bertz CT molecular complexity index is 3150. The van der Waals surface area contributed by atoms with Crippen LogP contribution in [0.5, 0.6) is 0 Å². The molecule has 1 heterocycles. The van der Waals surface area contributed by atoms with Crippen LogP contribution >= 0.6 is 0 Å². The number of para-hydroxylation sites is 1. The number of hydrogen-bond acceptors (Lipinski definition) is 2. The number of fused-ring (bicyclic) bond motifs is 7. The smallest absolute Gasteiger partial charge is 0.135 e. The summed E-state index contributed by atoms with van der Waals surface area (Å²) in [5, 5.41) is 4.82. The van der Waals surface area contributed by atoms with E-state index in [0.717, 1.165) is 33.6 Å². The highest BCUT2D eigenvalue weighted by atomic mass is 16.3. The third kappa shape index (κ3) is 5.48. The topological polar surface area (TPSA) is 16.4 Å². The van der Waals surface area contributed by atoms with E-state index in [4.69, 9.17) is 4.42 Å². The van der Waals surface area contributed by atoms with E-state index in [1.807, 2.05) is 6.07 Å². The molecule has 11 rings (SSSR count). The molecule has 57 heavy (non-hydrogen) atoms.